The first-order valence-electron chi connectivity index (χ1n) is 10.3. The highest BCUT2D eigenvalue weighted by atomic mass is 16.5. The molecule has 0 saturated carbocycles. The highest BCUT2D eigenvalue weighted by Crippen LogP contribution is 2.17. The van der Waals surface area contributed by atoms with Crippen LogP contribution in [0.25, 0.3) is 10.8 Å². The SMILES string of the molecule is CCCn1nc(C(=O)OCC(=O)c2cc(CC)ccc2CC)c2ccccc2c1=O. The molecule has 0 unspecified atom stereocenters. The van der Waals surface area contributed by atoms with Gasteiger partial charge in [0.25, 0.3) is 5.56 Å². The maximum absolute atomic E-state index is 12.8. The standard InChI is InChI=1S/C24H26N2O4/c1-4-13-26-23(28)19-10-8-7-9-18(19)22(25-26)24(29)30-15-21(27)20-14-16(5-2)11-12-17(20)6-3/h7-12,14H,4-6,13,15H2,1-3H3. The Bertz CT molecular complexity index is 1150. The summed E-state index contributed by atoms with van der Waals surface area (Å²) >= 11 is 0. The van der Waals surface area contributed by atoms with E-state index in [9.17, 15) is 14.4 Å². The van der Waals surface area contributed by atoms with Crippen LogP contribution in [-0.2, 0) is 24.1 Å². The number of fused-ring (bicyclic) bond motifs is 1. The van der Waals surface area contributed by atoms with Gasteiger partial charge in [-0.1, -0.05) is 51.1 Å². The van der Waals surface area contributed by atoms with Crippen molar-refractivity contribution in [2.75, 3.05) is 6.61 Å². The van der Waals surface area contributed by atoms with Crippen LogP contribution in [0.4, 0.5) is 0 Å². The smallest absolute Gasteiger partial charge is 0.359 e. The summed E-state index contributed by atoms with van der Waals surface area (Å²) in [5.74, 6) is -0.962. The van der Waals surface area contributed by atoms with E-state index in [1.54, 1.807) is 24.3 Å². The molecule has 0 saturated heterocycles. The van der Waals surface area contributed by atoms with E-state index in [0.29, 0.717) is 35.7 Å². The van der Waals surface area contributed by atoms with Gasteiger partial charge < -0.3 is 4.74 Å². The van der Waals surface area contributed by atoms with Gasteiger partial charge in [0.2, 0.25) is 5.78 Å². The number of Topliss-reactive ketones (excluding diaryl/α,β-unsaturated/α-hetero) is 1. The second-order valence-corrected chi connectivity index (χ2v) is 7.12. The third-order valence-electron chi connectivity index (χ3n) is 5.09. The van der Waals surface area contributed by atoms with Gasteiger partial charge in [-0.25, -0.2) is 9.48 Å². The monoisotopic (exact) mass is 406 g/mol. The molecular weight excluding hydrogens is 380 g/mol. The van der Waals surface area contributed by atoms with Gasteiger partial charge in [0.05, 0.1) is 5.39 Å². The van der Waals surface area contributed by atoms with E-state index in [4.69, 9.17) is 4.74 Å². The number of aryl methyl sites for hydroxylation is 3. The third kappa shape index (κ3) is 4.32. The molecule has 0 aliphatic rings. The number of benzene rings is 2. The number of ketones is 1. The minimum Gasteiger partial charge on any atom is -0.452 e. The maximum atomic E-state index is 12.8. The second kappa shape index (κ2) is 9.48. The average Bonchev–Trinajstić information content (AvgIpc) is 2.78. The number of esters is 1. The van der Waals surface area contributed by atoms with Crippen LogP contribution in [-0.4, -0.2) is 28.1 Å². The Labute approximate surface area is 175 Å². The fourth-order valence-corrected chi connectivity index (χ4v) is 3.44. The molecule has 3 rings (SSSR count). The molecule has 0 spiro atoms. The molecule has 156 valence electrons. The van der Waals surface area contributed by atoms with E-state index in [2.05, 4.69) is 5.10 Å². The molecule has 0 N–H and O–H groups in total. The lowest BCUT2D eigenvalue weighted by molar-refractivity contribution is 0.0468. The average molecular weight is 406 g/mol. The summed E-state index contributed by atoms with van der Waals surface area (Å²) < 4.78 is 6.61. The summed E-state index contributed by atoms with van der Waals surface area (Å²) in [7, 11) is 0. The van der Waals surface area contributed by atoms with Crippen LogP contribution >= 0.6 is 0 Å². The zero-order chi connectivity index (χ0) is 21.7. The van der Waals surface area contributed by atoms with Crippen molar-refractivity contribution in [3.05, 3.63) is 75.2 Å². The zero-order valence-electron chi connectivity index (χ0n) is 17.6. The van der Waals surface area contributed by atoms with Gasteiger partial charge in [-0.05, 0) is 42.5 Å². The number of hydrogen-bond acceptors (Lipinski definition) is 5. The van der Waals surface area contributed by atoms with E-state index in [0.717, 1.165) is 17.5 Å². The summed E-state index contributed by atoms with van der Waals surface area (Å²) in [6.45, 7) is 5.96. The number of carbonyl (C=O) groups is 2. The first kappa shape index (κ1) is 21.4. The Hall–Kier alpha value is -3.28. The van der Waals surface area contributed by atoms with Crippen LogP contribution in [0.2, 0.25) is 0 Å². The second-order valence-electron chi connectivity index (χ2n) is 7.12. The highest BCUT2D eigenvalue weighted by molar-refractivity contribution is 6.04. The topological polar surface area (TPSA) is 78.3 Å². The first-order valence-corrected chi connectivity index (χ1v) is 10.3. The third-order valence-corrected chi connectivity index (χ3v) is 5.09. The molecule has 30 heavy (non-hydrogen) atoms. The predicted molar refractivity (Wildman–Crippen MR) is 116 cm³/mol. The van der Waals surface area contributed by atoms with Gasteiger partial charge in [-0.15, -0.1) is 0 Å². The number of carbonyl (C=O) groups excluding carboxylic acids is 2. The molecule has 3 aromatic rings. The first-order chi connectivity index (χ1) is 14.5. The lowest BCUT2D eigenvalue weighted by atomic mass is 9.98. The largest absolute Gasteiger partial charge is 0.452 e. The van der Waals surface area contributed by atoms with Crippen LogP contribution in [0.5, 0.6) is 0 Å². The van der Waals surface area contributed by atoms with Crippen LogP contribution in [0, 0.1) is 0 Å². The van der Waals surface area contributed by atoms with E-state index in [1.165, 1.54) is 4.68 Å². The Morgan fingerprint density at radius 3 is 2.40 bits per heavy atom. The minimum atomic E-state index is -0.714. The van der Waals surface area contributed by atoms with E-state index < -0.39 is 5.97 Å². The van der Waals surface area contributed by atoms with Crippen molar-refractivity contribution in [2.24, 2.45) is 0 Å². The van der Waals surface area contributed by atoms with Gasteiger partial charge >= 0.3 is 5.97 Å². The zero-order valence-corrected chi connectivity index (χ0v) is 17.6. The molecule has 0 aliphatic carbocycles. The molecule has 0 radical (unpaired) electrons. The van der Waals surface area contributed by atoms with E-state index in [-0.39, 0.29) is 23.6 Å². The van der Waals surface area contributed by atoms with E-state index in [1.807, 2.05) is 39.0 Å². The lowest BCUT2D eigenvalue weighted by Gasteiger charge is -2.11. The molecule has 0 atom stereocenters. The molecule has 1 aromatic heterocycles. The van der Waals surface area contributed by atoms with Crippen molar-refractivity contribution in [1.29, 1.82) is 0 Å². The van der Waals surface area contributed by atoms with Crippen molar-refractivity contribution in [2.45, 2.75) is 46.6 Å². The summed E-state index contributed by atoms with van der Waals surface area (Å²) in [5, 5.41) is 5.05. The van der Waals surface area contributed by atoms with E-state index >= 15 is 0 Å². The van der Waals surface area contributed by atoms with Crippen molar-refractivity contribution in [1.82, 2.24) is 9.78 Å². The summed E-state index contributed by atoms with van der Waals surface area (Å²) in [4.78, 5) is 38.1. The number of hydrogen-bond donors (Lipinski definition) is 0. The van der Waals surface area contributed by atoms with Crippen molar-refractivity contribution < 1.29 is 14.3 Å². The van der Waals surface area contributed by atoms with Crippen molar-refractivity contribution >= 4 is 22.5 Å². The normalized spacial score (nSPS) is 10.9. The van der Waals surface area contributed by atoms with Gasteiger partial charge in [-0.2, -0.15) is 5.10 Å². The molecule has 2 aromatic carbocycles. The van der Waals surface area contributed by atoms with Crippen LogP contribution in [0.15, 0.2) is 47.3 Å². The van der Waals surface area contributed by atoms with Gasteiger partial charge in [0.1, 0.15) is 0 Å². The molecule has 1 heterocycles. The maximum Gasteiger partial charge on any atom is 0.359 e. The Morgan fingerprint density at radius 1 is 1.00 bits per heavy atom. The minimum absolute atomic E-state index is 0.0458. The van der Waals surface area contributed by atoms with Gasteiger partial charge in [0, 0.05) is 17.5 Å². The van der Waals surface area contributed by atoms with Gasteiger partial charge in [0.15, 0.2) is 12.3 Å². The quantitative estimate of drug-likeness (QED) is 0.418. The Balaban J connectivity index is 1.88. The fourth-order valence-electron chi connectivity index (χ4n) is 3.44. The van der Waals surface area contributed by atoms with Crippen molar-refractivity contribution in [3.63, 3.8) is 0 Å². The Kier molecular flexibility index (Phi) is 6.77. The molecule has 6 heteroatoms. The lowest BCUT2D eigenvalue weighted by Crippen LogP contribution is -2.27. The molecule has 0 bridgehead atoms. The number of nitrogens with zero attached hydrogens (tertiary/aromatic N) is 2. The van der Waals surface area contributed by atoms with Crippen LogP contribution < -0.4 is 5.56 Å². The molecule has 0 amide bonds. The molecular formula is C24H26N2O4. The molecule has 6 nitrogen and oxygen atoms in total. The summed E-state index contributed by atoms with van der Waals surface area (Å²) in [6.07, 6.45) is 2.23. The number of ether oxygens (including phenoxy) is 1. The molecule has 0 aliphatic heterocycles. The van der Waals surface area contributed by atoms with Gasteiger partial charge in [-0.3, -0.25) is 9.59 Å². The number of aromatic nitrogens is 2. The molecule has 0 fully saturated rings. The number of rotatable bonds is 8. The Morgan fingerprint density at radius 2 is 1.73 bits per heavy atom. The predicted octanol–water partition coefficient (Wildman–Crippen LogP) is 3.97. The highest BCUT2D eigenvalue weighted by Gasteiger charge is 2.20. The van der Waals surface area contributed by atoms with Crippen molar-refractivity contribution in [3.8, 4) is 0 Å². The summed E-state index contributed by atoms with van der Waals surface area (Å²) in [5.41, 5.74) is 2.36. The van der Waals surface area contributed by atoms with Crippen LogP contribution in [0.3, 0.4) is 0 Å². The fraction of sp³-hybridized carbons (Fsp3) is 0.333. The summed E-state index contributed by atoms with van der Waals surface area (Å²) in [6, 6.07) is 12.6. The van der Waals surface area contributed by atoms with Crippen LogP contribution in [0.1, 0.15) is 59.2 Å².